The predicted octanol–water partition coefficient (Wildman–Crippen LogP) is 4.15. The first-order valence-corrected chi connectivity index (χ1v) is 5.66. The van der Waals surface area contributed by atoms with E-state index in [-0.39, 0.29) is 6.61 Å². The Hall–Kier alpha value is 0.110. The molecule has 0 saturated heterocycles. The van der Waals surface area contributed by atoms with E-state index in [1.54, 1.807) is 0 Å². The lowest BCUT2D eigenvalue weighted by Gasteiger charge is -2.21. The fourth-order valence-corrected chi connectivity index (χ4v) is 2.11. The smallest absolute Gasteiger partial charge is 0.307 e. The van der Waals surface area contributed by atoms with Crippen LogP contribution in [-0.2, 0) is 4.74 Å². The van der Waals surface area contributed by atoms with E-state index in [9.17, 15) is 8.78 Å². The minimum absolute atomic E-state index is 0.0625. The third kappa shape index (κ3) is 5.76. The van der Waals surface area contributed by atoms with Gasteiger partial charge in [-0.3, -0.25) is 0 Å². The molecule has 0 aromatic rings. The molecule has 0 unspecified atom stereocenters. The number of halogens is 3. The van der Waals surface area contributed by atoms with Crippen LogP contribution in [-0.4, -0.2) is 12.2 Å². The third-order valence-corrected chi connectivity index (χ3v) is 2.86. The SMILES string of the molecule is FC(F)(Cl)OCCCC1CCCCC1. The molecule has 1 nitrogen and oxygen atoms in total. The summed E-state index contributed by atoms with van der Waals surface area (Å²) in [6.45, 7) is 0.0625. The summed E-state index contributed by atoms with van der Waals surface area (Å²) in [6.07, 6.45) is 8.08. The number of ether oxygens (including phenoxy) is 1. The van der Waals surface area contributed by atoms with Crippen molar-refractivity contribution in [1.82, 2.24) is 0 Å². The molecule has 0 aliphatic heterocycles. The summed E-state index contributed by atoms with van der Waals surface area (Å²) in [5, 5.41) is 0. The third-order valence-electron chi connectivity index (χ3n) is 2.75. The summed E-state index contributed by atoms with van der Waals surface area (Å²) in [5.74, 6) is 0.719. The largest absolute Gasteiger partial charge is 0.440 e. The molecule has 0 bridgehead atoms. The second-order valence-corrected chi connectivity index (χ2v) is 4.38. The standard InChI is InChI=1S/C10H17ClF2O/c11-10(12,13)14-8-4-7-9-5-2-1-3-6-9/h9H,1-8H2. The minimum Gasteiger partial charge on any atom is -0.307 e. The van der Waals surface area contributed by atoms with Crippen LogP contribution in [0.1, 0.15) is 44.9 Å². The second kappa shape index (κ2) is 5.86. The fraction of sp³-hybridized carbons (Fsp3) is 1.00. The summed E-state index contributed by atoms with van der Waals surface area (Å²) in [4.78, 5) is 0. The zero-order chi connectivity index (χ0) is 10.4. The molecule has 1 aliphatic carbocycles. The van der Waals surface area contributed by atoms with E-state index >= 15 is 0 Å². The van der Waals surface area contributed by atoms with Crippen molar-refractivity contribution in [3.8, 4) is 0 Å². The van der Waals surface area contributed by atoms with Crippen LogP contribution >= 0.6 is 11.6 Å². The molecule has 1 aliphatic rings. The molecule has 0 N–H and O–H groups in total. The van der Waals surface area contributed by atoms with Crippen LogP contribution in [0, 0.1) is 5.92 Å². The Labute approximate surface area is 88.8 Å². The van der Waals surface area contributed by atoms with E-state index in [2.05, 4.69) is 16.3 Å². The first-order chi connectivity index (χ1) is 6.58. The quantitative estimate of drug-likeness (QED) is 0.506. The van der Waals surface area contributed by atoms with Gasteiger partial charge in [-0.15, -0.1) is 0 Å². The van der Waals surface area contributed by atoms with Crippen molar-refractivity contribution in [2.24, 2.45) is 5.92 Å². The molecule has 0 aromatic heterocycles. The van der Waals surface area contributed by atoms with Gasteiger partial charge in [0.2, 0.25) is 0 Å². The molecular weight excluding hydrogens is 210 g/mol. The Balaban J connectivity index is 1.97. The highest BCUT2D eigenvalue weighted by atomic mass is 35.5. The van der Waals surface area contributed by atoms with Gasteiger partial charge in [0, 0.05) is 0 Å². The molecule has 1 fully saturated rings. The summed E-state index contributed by atoms with van der Waals surface area (Å²) in [7, 11) is 0. The number of rotatable bonds is 5. The van der Waals surface area contributed by atoms with Gasteiger partial charge in [-0.05, 0) is 30.4 Å². The zero-order valence-corrected chi connectivity index (χ0v) is 9.03. The second-order valence-electron chi connectivity index (χ2n) is 3.94. The fourth-order valence-electron chi connectivity index (χ4n) is 2.04. The maximum atomic E-state index is 12.0. The Morgan fingerprint density at radius 1 is 1.21 bits per heavy atom. The van der Waals surface area contributed by atoms with Gasteiger partial charge in [-0.1, -0.05) is 32.1 Å². The van der Waals surface area contributed by atoms with Crippen molar-refractivity contribution < 1.29 is 13.5 Å². The molecule has 14 heavy (non-hydrogen) atoms. The summed E-state index contributed by atoms with van der Waals surface area (Å²) in [6, 6.07) is 0. The highest BCUT2D eigenvalue weighted by molar-refractivity contribution is 6.20. The zero-order valence-electron chi connectivity index (χ0n) is 8.28. The molecule has 0 heterocycles. The van der Waals surface area contributed by atoms with Crippen LogP contribution in [0.2, 0.25) is 0 Å². The Morgan fingerprint density at radius 3 is 2.43 bits per heavy atom. The molecule has 4 heteroatoms. The normalized spacial score (nSPS) is 19.9. The summed E-state index contributed by atoms with van der Waals surface area (Å²) < 4.78 is 28.2. The van der Waals surface area contributed by atoms with E-state index in [0.29, 0.717) is 6.42 Å². The van der Waals surface area contributed by atoms with Gasteiger partial charge in [0.05, 0.1) is 6.61 Å². The summed E-state index contributed by atoms with van der Waals surface area (Å²) in [5.41, 5.74) is -3.48. The van der Waals surface area contributed by atoms with Gasteiger partial charge in [-0.2, -0.15) is 8.78 Å². The predicted molar refractivity (Wildman–Crippen MR) is 52.6 cm³/mol. The molecule has 0 aromatic carbocycles. The number of hydrogen-bond acceptors (Lipinski definition) is 1. The van der Waals surface area contributed by atoms with Crippen LogP contribution < -0.4 is 0 Å². The molecule has 1 rings (SSSR count). The monoisotopic (exact) mass is 226 g/mol. The summed E-state index contributed by atoms with van der Waals surface area (Å²) >= 11 is 4.60. The van der Waals surface area contributed by atoms with Crippen molar-refractivity contribution >= 4 is 11.6 Å². The maximum Gasteiger partial charge on any atom is 0.440 e. The Bertz CT molecular complexity index is 153. The lowest BCUT2D eigenvalue weighted by atomic mass is 9.86. The van der Waals surface area contributed by atoms with Gasteiger partial charge >= 0.3 is 5.57 Å². The first-order valence-electron chi connectivity index (χ1n) is 5.28. The van der Waals surface area contributed by atoms with E-state index in [0.717, 1.165) is 12.3 Å². The van der Waals surface area contributed by atoms with Crippen molar-refractivity contribution in [2.45, 2.75) is 50.5 Å². The van der Waals surface area contributed by atoms with Crippen molar-refractivity contribution in [2.75, 3.05) is 6.61 Å². The van der Waals surface area contributed by atoms with Gasteiger partial charge in [0.15, 0.2) is 0 Å². The highest BCUT2D eigenvalue weighted by Gasteiger charge is 2.25. The highest BCUT2D eigenvalue weighted by Crippen LogP contribution is 2.28. The molecule has 84 valence electrons. The lowest BCUT2D eigenvalue weighted by molar-refractivity contribution is -0.170. The number of alkyl halides is 3. The molecular formula is C10H17ClF2O. The van der Waals surface area contributed by atoms with Crippen molar-refractivity contribution in [3.05, 3.63) is 0 Å². The van der Waals surface area contributed by atoms with Gasteiger partial charge in [0.1, 0.15) is 0 Å². The van der Waals surface area contributed by atoms with E-state index in [1.165, 1.54) is 32.1 Å². The first kappa shape index (κ1) is 12.2. The van der Waals surface area contributed by atoms with Crippen molar-refractivity contribution in [1.29, 1.82) is 0 Å². The van der Waals surface area contributed by atoms with Crippen LogP contribution in [0.4, 0.5) is 8.78 Å². The molecule has 0 spiro atoms. The number of hydrogen-bond donors (Lipinski definition) is 0. The van der Waals surface area contributed by atoms with Gasteiger partial charge in [0.25, 0.3) is 0 Å². The van der Waals surface area contributed by atoms with Crippen molar-refractivity contribution in [3.63, 3.8) is 0 Å². The average Bonchev–Trinajstić information content (AvgIpc) is 2.13. The molecule has 0 radical (unpaired) electrons. The van der Waals surface area contributed by atoms with Gasteiger partial charge < -0.3 is 4.74 Å². The van der Waals surface area contributed by atoms with Crippen LogP contribution in [0.15, 0.2) is 0 Å². The van der Waals surface area contributed by atoms with Crippen LogP contribution in [0.5, 0.6) is 0 Å². The average molecular weight is 227 g/mol. The van der Waals surface area contributed by atoms with Gasteiger partial charge in [-0.25, -0.2) is 0 Å². The van der Waals surface area contributed by atoms with Crippen LogP contribution in [0.3, 0.4) is 0 Å². The topological polar surface area (TPSA) is 9.23 Å². The Kier molecular flexibility index (Phi) is 5.10. The van der Waals surface area contributed by atoms with E-state index in [1.807, 2.05) is 0 Å². The lowest BCUT2D eigenvalue weighted by Crippen LogP contribution is -2.14. The molecule has 0 amide bonds. The van der Waals surface area contributed by atoms with Crippen LogP contribution in [0.25, 0.3) is 0 Å². The molecule has 0 atom stereocenters. The van der Waals surface area contributed by atoms with E-state index in [4.69, 9.17) is 0 Å². The minimum atomic E-state index is -3.48. The molecule has 1 saturated carbocycles. The van der Waals surface area contributed by atoms with E-state index < -0.39 is 5.57 Å². The Morgan fingerprint density at radius 2 is 1.86 bits per heavy atom. The maximum absolute atomic E-state index is 12.0.